The lowest BCUT2D eigenvalue weighted by Gasteiger charge is -2.52. The van der Waals surface area contributed by atoms with E-state index >= 15 is 0 Å². The molecule has 0 aromatic heterocycles. The number of nitrogens with zero attached hydrogens (tertiary/aromatic N) is 3. The van der Waals surface area contributed by atoms with Crippen molar-refractivity contribution in [3.05, 3.63) is 0 Å². The quantitative estimate of drug-likeness (QED) is 0.801. The zero-order valence-corrected chi connectivity index (χ0v) is 15.2. The molecule has 0 aromatic rings. The van der Waals surface area contributed by atoms with E-state index in [4.69, 9.17) is 0 Å². The monoisotopic (exact) mass is 296 g/mol. The zero-order chi connectivity index (χ0) is 15.8. The van der Waals surface area contributed by atoms with E-state index in [9.17, 15) is 0 Å². The summed E-state index contributed by atoms with van der Waals surface area (Å²) in [6.07, 6.45) is 1.26. The highest BCUT2D eigenvalue weighted by molar-refractivity contribution is 4.97. The maximum Gasteiger partial charge on any atom is 0.0347 e. The first-order valence-electron chi connectivity index (χ1n) is 8.51. The molecule has 0 bridgehead atoms. The van der Waals surface area contributed by atoms with Crippen LogP contribution in [-0.4, -0.2) is 84.7 Å². The molecule has 2 saturated heterocycles. The van der Waals surface area contributed by atoms with Crippen LogP contribution in [-0.2, 0) is 0 Å². The molecule has 0 spiro atoms. The van der Waals surface area contributed by atoms with Crippen molar-refractivity contribution < 1.29 is 0 Å². The van der Waals surface area contributed by atoms with Gasteiger partial charge < -0.3 is 10.2 Å². The van der Waals surface area contributed by atoms with Crippen molar-refractivity contribution in [3.63, 3.8) is 0 Å². The van der Waals surface area contributed by atoms with Gasteiger partial charge in [0.05, 0.1) is 0 Å². The molecule has 1 N–H and O–H groups in total. The molecule has 0 aliphatic carbocycles. The van der Waals surface area contributed by atoms with Gasteiger partial charge in [0.15, 0.2) is 0 Å². The van der Waals surface area contributed by atoms with Crippen molar-refractivity contribution >= 4 is 0 Å². The standard InChI is InChI=1S/C17H36N4/c1-16(2,3)20-12-15(13-20)19(7)9-8-17(4,5)21-10-14(11-21)18-6/h14-15,18H,8-13H2,1-7H3. The minimum atomic E-state index is 0.328. The van der Waals surface area contributed by atoms with Gasteiger partial charge in [-0.05, 0) is 61.7 Å². The van der Waals surface area contributed by atoms with Crippen molar-refractivity contribution in [3.8, 4) is 0 Å². The first-order chi connectivity index (χ1) is 9.63. The van der Waals surface area contributed by atoms with Crippen molar-refractivity contribution in [2.45, 2.75) is 64.2 Å². The van der Waals surface area contributed by atoms with E-state index in [1.54, 1.807) is 0 Å². The van der Waals surface area contributed by atoms with E-state index in [1.807, 2.05) is 0 Å². The summed E-state index contributed by atoms with van der Waals surface area (Å²) in [7, 11) is 4.37. The topological polar surface area (TPSA) is 21.8 Å². The Morgan fingerprint density at radius 2 is 1.57 bits per heavy atom. The maximum absolute atomic E-state index is 3.37. The van der Waals surface area contributed by atoms with Crippen LogP contribution in [0.25, 0.3) is 0 Å². The molecule has 2 fully saturated rings. The van der Waals surface area contributed by atoms with E-state index in [0.717, 1.165) is 6.04 Å². The molecule has 2 aliphatic heterocycles. The first-order valence-corrected chi connectivity index (χ1v) is 8.51. The zero-order valence-electron chi connectivity index (χ0n) is 15.2. The Kier molecular flexibility index (Phi) is 5.04. The van der Waals surface area contributed by atoms with Gasteiger partial charge in [-0.2, -0.15) is 0 Å². The maximum atomic E-state index is 3.37. The number of hydrogen-bond donors (Lipinski definition) is 1. The highest BCUT2D eigenvalue weighted by Gasteiger charge is 2.39. The molecule has 0 radical (unpaired) electrons. The van der Waals surface area contributed by atoms with Gasteiger partial charge in [0.2, 0.25) is 0 Å². The van der Waals surface area contributed by atoms with Crippen LogP contribution in [0.1, 0.15) is 41.0 Å². The van der Waals surface area contributed by atoms with Crippen LogP contribution < -0.4 is 5.32 Å². The molecular formula is C17H36N4. The van der Waals surface area contributed by atoms with E-state index in [2.05, 4.69) is 68.7 Å². The van der Waals surface area contributed by atoms with E-state index in [0.29, 0.717) is 17.1 Å². The molecule has 2 aliphatic rings. The largest absolute Gasteiger partial charge is 0.315 e. The van der Waals surface area contributed by atoms with Crippen molar-refractivity contribution in [2.75, 3.05) is 46.8 Å². The van der Waals surface area contributed by atoms with Gasteiger partial charge in [0, 0.05) is 49.3 Å². The fourth-order valence-corrected chi connectivity index (χ4v) is 3.23. The molecule has 4 heteroatoms. The van der Waals surface area contributed by atoms with Crippen molar-refractivity contribution in [1.29, 1.82) is 0 Å². The summed E-state index contributed by atoms with van der Waals surface area (Å²) >= 11 is 0. The van der Waals surface area contributed by atoms with Gasteiger partial charge in [-0.1, -0.05) is 0 Å². The fraction of sp³-hybridized carbons (Fsp3) is 1.00. The van der Waals surface area contributed by atoms with Crippen LogP contribution in [0.5, 0.6) is 0 Å². The normalized spacial score (nSPS) is 23.4. The Morgan fingerprint density at radius 3 is 2.05 bits per heavy atom. The van der Waals surface area contributed by atoms with Gasteiger partial charge >= 0.3 is 0 Å². The van der Waals surface area contributed by atoms with Crippen molar-refractivity contribution in [1.82, 2.24) is 20.0 Å². The Hall–Kier alpha value is -0.160. The highest BCUT2D eigenvalue weighted by Crippen LogP contribution is 2.27. The predicted octanol–water partition coefficient (Wildman–Crippen LogP) is 1.47. The summed E-state index contributed by atoms with van der Waals surface area (Å²) in [5.41, 5.74) is 0.658. The fourth-order valence-electron chi connectivity index (χ4n) is 3.23. The lowest BCUT2D eigenvalue weighted by atomic mass is 9.91. The third-order valence-electron chi connectivity index (χ3n) is 5.66. The number of nitrogens with one attached hydrogen (secondary N) is 1. The van der Waals surface area contributed by atoms with Gasteiger partial charge in [0.1, 0.15) is 0 Å². The van der Waals surface area contributed by atoms with Gasteiger partial charge in [0.25, 0.3) is 0 Å². The second-order valence-electron chi connectivity index (χ2n) is 8.66. The van der Waals surface area contributed by atoms with Crippen LogP contribution in [0.3, 0.4) is 0 Å². The number of likely N-dealkylation sites (N-methyl/N-ethyl adjacent to an activating group) is 2. The van der Waals surface area contributed by atoms with E-state index < -0.39 is 0 Å². The van der Waals surface area contributed by atoms with Gasteiger partial charge in [-0.15, -0.1) is 0 Å². The SMILES string of the molecule is CNC1CN(C(C)(C)CCN(C)C2CN(C(C)(C)C)C2)C1. The Balaban J connectivity index is 1.69. The summed E-state index contributed by atoms with van der Waals surface area (Å²) in [5.74, 6) is 0. The smallest absolute Gasteiger partial charge is 0.0347 e. The second-order valence-corrected chi connectivity index (χ2v) is 8.66. The van der Waals surface area contributed by atoms with Crippen LogP contribution in [0, 0.1) is 0 Å². The van der Waals surface area contributed by atoms with Crippen molar-refractivity contribution in [2.24, 2.45) is 0 Å². The van der Waals surface area contributed by atoms with Crippen LogP contribution in [0.4, 0.5) is 0 Å². The van der Waals surface area contributed by atoms with Gasteiger partial charge in [-0.3, -0.25) is 9.80 Å². The molecule has 0 aromatic carbocycles. The molecule has 2 rings (SSSR count). The Morgan fingerprint density at radius 1 is 1.00 bits per heavy atom. The minimum absolute atomic E-state index is 0.328. The molecule has 0 amide bonds. The molecule has 21 heavy (non-hydrogen) atoms. The molecule has 0 saturated carbocycles. The second kappa shape index (κ2) is 6.15. The average molecular weight is 297 g/mol. The summed E-state index contributed by atoms with van der Waals surface area (Å²) in [6.45, 7) is 17.8. The number of likely N-dealkylation sites (tertiary alicyclic amines) is 2. The molecule has 4 nitrogen and oxygen atoms in total. The third-order valence-corrected chi connectivity index (χ3v) is 5.66. The predicted molar refractivity (Wildman–Crippen MR) is 90.9 cm³/mol. The van der Waals surface area contributed by atoms with E-state index in [-0.39, 0.29) is 0 Å². The lowest BCUT2D eigenvalue weighted by molar-refractivity contribution is -0.0251. The first kappa shape index (κ1) is 17.2. The molecule has 0 unspecified atom stereocenters. The summed E-state index contributed by atoms with van der Waals surface area (Å²) < 4.78 is 0. The van der Waals surface area contributed by atoms with Gasteiger partial charge in [-0.25, -0.2) is 0 Å². The summed E-state index contributed by atoms with van der Waals surface area (Å²) in [4.78, 5) is 7.76. The molecule has 0 atom stereocenters. The van der Waals surface area contributed by atoms with Crippen LogP contribution in [0.2, 0.25) is 0 Å². The third kappa shape index (κ3) is 3.98. The highest BCUT2D eigenvalue weighted by atomic mass is 15.3. The van der Waals surface area contributed by atoms with Crippen LogP contribution in [0.15, 0.2) is 0 Å². The minimum Gasteiger partial charge on any atom is -0.315 e. The summed E-state index contributed by atoms with van der Waals surface area (Å²) in [6, 6.07) is 1.45. The summed E-state index contributed by atoms with van der Waals surface area (Å²) in [5, 5.41) is 3.37. The molecule has 2 heterocycles. The lowest BCUT2D eigenvalue weighted by Crippen LogP contribution is -2.65. The Bertz CT molecular complexity index is 335. The van der Waals surface area contributed by atoms with Crippen LogP contribution >= 0.6 is 0 Å². The molecule has 124 valence electrons. The number of hydrogen-bond acceptors (Lipinski definition) is 4. The number of rotatable bonds is 6. The molecular weight excluding hydrogens is 260 g/mol. The average Bonchev–Trinajstić information content (AvgIpc) is 2.20. The van der Waals surface area contributed by atoms with E-state index in [1.165, 1.54) is 39.1 Å². The Labute approximate surface area is 131 Å².